The van der Waals surface area contributed by atoms with Crippen molar-refractivity contribution >= 4 is 21.9 Å². The molecule has 0 spiro atoms. The van der Waals surface area contributed by atoms with Crippen LogP contribution in [0.4, 0.5) is 10.5 Å². The lowest BCUT2D eigenvalue weighted by Gasteiger charge is -2.37. The molecule has 2 fully saturated rings. The highest BCUT2D eigenvalue weighted by molar-refractivity contribution is 7.86. The molecule has 0 aromatic heterocycles. The lowest BCUT2D eigenvalue weighted by Crippen LogP contribution is -2.56. The van der Waals surface area contributed by atoms with Crippen molar-refractivity contribution in [2.24, 2.45) is 0 Å². The normalized spacial score (nSPS) is 20.4. The Morgan fingerprint density at radius 2 is 1.60 bits per heavy atom. The maximum atomic E-state index is 12.6. The van der Waals surface area contributed by atoms with Crippen molar-refractivity contribution in [3.05, 3.63) is 29.8 Å². The zero-order valence-corrected chi connectivity index (χ0v) is 15.2. The first-order valence-electron chi connectivity index (χ1n) is 8.43. The van der Waals surface area contributed by atoms with Crippen molar-refractivity contribution in [1.29, 1.82) is 0 Å². The second-order valence-corrected chi connectivity index (χ2v) is 8.08. The zero-order chi connectivity index (χ0) is 17.9. The standard InChI is InChI=1S/C16H24N4O4S/c1-14-4-2-3-5-15(14)17-16(21)18-6-8-19(9-7-18)25(22,23)20-10-12-24-13-11-20/h2-5H,6-13H2,1H3,(H,17,21). The number of nitrogens with zero attached hydrogens (tertiary/aromatic N) is 3. The van der Waals surface area contributed by atoms with Gasteiger partial charge in [0.25, 0.3) is 10.2 Å². The number of para-hydroxylation sites is 1. The van der Waals surface area contributed by atoms with Gasteiger partial charge in [0, 0.05) is 45.0 Å². The van der Waals surface area contributed by atoms with Gasteiger partial charge in [0.2, 0.25) is 0 Å². The molecule has 2 aliphatic rings. The number of benzene rings is 1. The number of aryl methyl sites for hydroxylation is 1. The minimum atomic E-state index is -3.47. The summed E-state index contributed by atoms with van der Waals surface area (Å²) < 4.78 is 33.4. The Morgan fingerprint density at radius 1 is 1.00 bits per heavy atom. The van der Waals surface area contributed by atoms with E-state index in [9.17, 15) is 13.2 Å². The molecule has 0 atom stereocenters. The third-order valence-corrected chi connectivity index (χ3v) is 6.57. The van der Waals surface area contributed by atoms with Crippen LogP contribution in [0.1, 0.15) is 5.56 Å². The number of hydrogen-bond acceptors (Lipinski definition) is 4. The van der Waals surface area contributed by atoms with Crippen LogP contribution >= 0.6 is 0 Å². The van der Waals surface area contributed by atoms with Crippen LogP contribution < -0.4 is 5.32 Å². The Labute approximate surface area is 148 Å². The summed E-state index contributed by atoms with van der Waals surface area (Å²) in [4.78, 5) is 14.0. The third-order valence-electron chi connectivity index (χ3n) is 4.54. The molecule has 138 valence electrons. The van der Waals surface area contributed by atoms with E-state index >= 15 is 0 Å². The molecule has 0 radical (unpaired) electrons. The molecule has 0 unspecified atom stereocenters. The molecule has 0 aliphatic carbocycles. The molecule has 1 N–H and O–H groups in total. The molecule has 0 bridgehead atoms. The van der Waals surface area contributed by atoms with Crippen molar-refractivity contribution in [2.45, 2.75) is 6.92 Å². The Kier molecular flexibility index (Phi) is 5.57. The fraction of sp³-hybridized carbons (Fsp3) is 0.562. The van der Waals surface area contributed by atoms with E-state index in [1.54, 1.807) is 4.90 Å². The van der Waals surface area contributed by atoms with Crippen LogP contribution in [-0.4, -0.2) is 80.4 Å². The summed E-state index contributed by atoms with van der Waals surface area (Å²) in [7, 11) is -3.47. The second-order valence-electron chi connectivity index (χ2n) is 6.15. The van der Waals surface area contributed by atoms with Crippen molar-refractivity contribution in [3.63, 3.8) is 0 Å². The van der Waals surface area contributed by atoms with Gasteiger partial charge in [-0.1, -0.05) is 18.2 Å². The monoisotopic (exact) mass is 368 g/mol. The molecule has 3 rings (SSSR count). The summed E-state index contributed by atoms with van der Waals surface area (Å²) >= 11 is 0. The van der Waals surface area contributed by atoms with E-state index in [1.165, 1.54) is 8.61 Å². The van der Waals surface area contributed by atoms with Crippen molar-refractivity contribution in [3.8, 4) is 0 Å². The largest absolute Gasteiger partial charge is 0.379 e. The number of amides is 2. The first-order valence-corrected chi connectivity index (χ1v) is 9.83. The van der Waals surface area contributed by atoms with Crippen LogP contribution in [0.5, 0.6) is 0 Å². The van der Waals surface area contributed by atoms with Gasteiger partial charge in [-0.15, -0.1) is 0 Å². The zero-order valence-electron chi connectivity index (χ0n) is 14.3. The van der Waals surface area contributed by atoms with Crippen LogP contribution in [0, 0.1) is 6.92 Å². The number of anilines is 1. The number of nitrogens with one attached hydrogen (secondary N) is 1. The van der Waals surface area contributed by atoms with E-state index in [4.69, 9.17) is 4.74 Å². The van der Waals surface area contributed by atoms with E-state index in [2.05, 4.69) is 5.32 Å². The molecule has 2 amide bonds. The van der Waals surface area contributed by atoms with Crippen LogP contribution in [0.15, 0.2) is 24.3 Å². The van der Waals surface area contributed by atoms with Crippen molar-refractivity contribution in [1.82, 2.24) is 13.5 Å². The minimum absolute atomic E-state index is 0.197. The van der Waals surface area contributed by atoms with Crippen LogP contribution in [0.2, 0.25) is 0 Å². The predicted molar refractivity (Wildman–Crippen MR) is 94.7 cm³/mol. The quantitative estimate of drug-likeness (QED) is 0.852. The third kappa shape index (κ3) is 4.12. The van der Waals surface area contributed by atoms with Gasteiger partial charge < -0.3 is 15.0 Å². The smallest absolute Gasteiger partial charge is 0.321 e. The number of piperazine rings is 1. The Balaban J connectivity index is 1.56. The van der Waals surface area contributed by atoms with Gasteiger partial charge >= 0.3 is 6.03 Å². The van der Waals surface area contributed by atoms with E-state index < -0.39 is 10.2 Å². The van der Waals surface area contributed by atoms with Crippen molar-refractivity contribution in [2.75, 3.05) is 57.8 Å². The van der Waals surface area contributed by atoms with Gasteiger partial charge in [0.15, 0.2) is 0 Å². The summed E-state index contributed by atoms with van der Waals surface area (Å²) in [6, 6.07) is 7.38. The van der Waals surface area contributed by atoms with Gasteiger partial charge in [-0.3, -0.25) is 0 Å². The molecular formula is C16H24N4O4S. The second kappa shape index (κ2) is 7.69. The van der Waals surface area contributed by atoms with Gasteiger partial charge in [-0.2, -0.15) is 17.0 Å². The maximum absolute atomic E-state index is 12.6. The summed E-state index contributed by atoms with van der Waals surface area (Å²) in [5, 5.41) is 2.89. The van der Waals surface area contributed by atoms with Crippen LogP contribution in [0.25, 0.3) is 0 Å². The molecule has 1 aromatic rings. The average Bonchev–Trinajstić information content (AvgIpc) is 2.64. The van der Waals surface area contributed by atoms with Gasteiger partial charge in [-0.05, 0) is 18.6 Å². The van der Waals surface area contributed by atoms with E-state index in [0.717, 1.165) is 11.3 Å². The highest BCUT2D eigenvalue weighted by Gasteiger charge is 2.34. The van der Waals surface area contributed by atoms with E-state index in [-0.39, 0.29) is 6.03 Å². The highest BCUT2D eigenvalue weighted by Crippen LogP contribution is 2.17. The highest BCUT2D eigenvalue weighted by atomic mass is 32.2. The van der Waals surface area contributed by atoms with E-state index in [1.807, 2.05) is 31.2 Å². The van der Waals surface area contributed by atoms with E-state index in [0.29, 0.717) is 52.5 Å². The molecule has 0 saturated carbocycles. The molecule has 8 nitrogen and oxygen atoms in total. The van der Waals surface area contributed by atoms with Crippen molar-refractivity contribution < 1.29 is 17.9 Å². The van der Waals surface area contributed by atoms with Gasteiger partial charge in [0.05, 0.1) is 13.2 Å². The number of carbonyl (C=O) groups excluding carboxylic acids is 1. The average molecular weight is 368 g/mol. The SMILES string of the molecule is Cc1ccccc1NC(=O)N1CCN(S(=O)(=O)N2CCOCC2)CC1. The lowest BCUT2D eigenvalue weighted by molar-refractivity contribution is 0.0691. The molecule has 25 heavy (non-hydrogen) atoms. The predicted octanol–water partition coefficient (Wildman–Crippen LogP) is 0.722. The number of morpholine rings is 1. The van der Waals surface area contributed by atoms with Gasteiger partial charge in [-0.25, -0.2) is 4.79 Å². The van der Waals surface area contributed by atoms with Gasteiger partial charge in [0.1, 0.15) is 0 Å². The molecule has 1 aromatic carbocycles. The summed E-state index contributed by atoms with van der Waals surface area (Å²) in [5.41, 5.74) is 1.76. The molecule has 2 aliphatic heterocycles. The topological polar surface area (TPSA) is 82.2 Å². The number of carbonyl (C=O) groups is 1. The summed E-state index contributed by atoms with van der Waals surface area (Å²) in [6.45, 7) is 4.93. The number of hydrogen-bond donors (Lipinski definition) is 1. The molecule has 2 saturated heterocycles. The fourth-order valence-corrected chi connectivity index (χ4v) is 4.53. The maximum Gasteiger partial charge on any atom is 0.321 e. The molecule has 9 heteroatoms. The fourth-order valence-electron chi connectivity index (χ4n) is 2.97. The minimum Gasteiger partial charge on any atom is -0.379 e. The Morgan fingerprint density at radius 3 is 2.24 bits per heavy atom. The first kappa shape index (κ1) is 18.1. The summed E-state index contributed by atoms with van der Waals surface area (Å²) in [6.07, 6.45) is 0. The first-order chi connectivity index (χ1) is 12.0. The van der Waals surface area contributed by atoms with Crippen LogP contribution in [-0.2, 0) is 14.9 Å². The molecule has 2 heterocycles. The molecular weight excluding hydrogens is 344 g/mol. The number of urea groups is 1. The summed E-state index contributed by atoms with van der Waals surface area (Å²) in [5.74, 6) is 0. The lowest BCUT2D eigenvalue weighted by atomic mass is 10.2. The van der Waals surface area contributed by atoms with Crippen LogP contribution in [0.3, 0.4) is 0 Å². The Hall–Kier alpha value is -1.68. The Bertz CT molecular complexity index is 711. The number of rotatable bonds is 3. The number of ether oxygens (including phenoxy) is 1.